The first-order valence-electron chi connectivity index (χ1n) is 6.88. The van der Waals surface area contributed by atoms with Gasteiger partial charge in [0.1, 0.15) is 5.02 Å². The van der Waals surface area contributed by atoms with Gasteiger partial charge in [-0.3, -0.25) is 10.1 Å². The number of hydrogen-bond donors (Lipinski definition) is 2. The molecule has 1 aromatic rings. The summed E-state index contributed by atoms with van der Waals surface area (Å²) >= 11 is 5.78. The Balaban J connectivity index is 2.17. The van der Waals surface area contributed by atoms with Gasteiger partial charge in [-0.2, -0.15) is 0 Å². The molecule has 0 aromatic heterocycles. The minimum atomic E-state index is -0.670. The van der Waals surface area contributed by atoms with E-state index in [9.17, 15) is 15.2 Å². The molecule has 0 spiro atoms. The molecule has 0 saturated heterocycles. The van der Waals surface area contributed by atoms with Gasteiger partial charge in [0.05, 0.1) is 17.1 Å². The number of benzene rings is 1. The maximum absolute atomic E-state index is 10.9. The molecule has 110 valence electrons. The van der Waals surface area contributed by atoms with Crippen LogP contribution in [0.15, 0.2) is 18.2 Å². The second kappa shape index (κ2) is 6.52. The zero-order valence-corrected chi connectivity index (χ0v) is 11.9. The standard InChI is InChI=1S/C14H19ClN2O3/c15-11-7-6-10(8-12(11)17(19)20)13(16)14(18)9-4-2-1-3-5-9/h6-9,13-14,18H,1-5,16H2/t13-,14+/m0/s1. The smallest absolute Gasteiger partial charge is 0.288 e. The van der Waals surface area contributed by atoms with Crippen LogP contribution >= 0.6 is 11.6 Å². The number of hydrogen-bond acceptors (Lipinski definition) is 4. The Morgan fingerprint density at radius 2 is 2.00 bits per heavy atom. The molecule has 6 heteroatoms. The third kappa shape index (κ3) is 3.29. The normalized spacial score (nSPS) is 19.6. The van der Waals surface area contributed by atoms with E-state index in [0.29, 0.717) is 5.56 Å². The second-order valence-corrected chi connectivity index (χ2v) is 5.79. The summed E-state index contributed by atoms with van der Waals surface area (Å²) in [6.07, 6.45) is 4.67. The molecule has 0 heterocycles. The van der Waals surface area contributed by atoms with E-state index >= 15 is 0 Å². The van der Waals surface area contributed by atoms with Gasteiger partial charge in [0.15, 0.2) is 0 Å². The van der Waals surface area contributed by atoms with E-state index in [0.717, 1.165) is 25.7 Å². The van der Waals surface area contributed by atoms with Crippen LogP contribution in [0.1, 0.15) is 43.7 Å². The highest BCUT2D eigenvalue weighted by Gasteiger charge is 2.28. The average Bonchev–Trinajstić information content (AvgIpc) is 2.47. The zero-order chi connectivity index (χ0) is 14.7. The molecule has 2 atom stereocenters. The van der Waals surface area contributed by atoms with Crippen molar-refractivity contribution in [2.75, 3.05) is 0 Å². The van der Waals surface area contributed by atoms with Crippen molar-refractivity contribution in [1.29, 1.82) is 0 Å². The van der Waals surface area contributed by atoms with Gasteiger partial charge in [-0.15, -0.1) is 0 Å². The summed E-state index contributed by atoms with van der Waals surface area (Å²) < 4.78 is 0. The maximum atomic E-state index is 10.9. The monoisotopic (exact) mass is 298 g/mol. The molecule has 1 aliphatic rings. The van der Waals surface area contributed by atoms with Crippen molar-refractivity contribution in [3.63, 3.8) is 0 Å². The van der Waals surface area contributed by atoms with Gasteiger partial charge in [-0.05, 0) is 30.4 Å². The number of nitrogens with zero attached hydrogens (tertiary/aromatic N) is 1. The summed E-state index contributed by atoms with van der Waals surface area (Å²) in [7, 11) is 0. The maximum Gasteiger partial charge on any atom is 0.288 e. The predicted octanol–water partition coefficient (Wildman–Crippen LogP) is 3.19. The van der Waals surface area contributed by atoms with Gasteiger partial charge in [0.25, 0.3) is 5.69 Å². The molecule has 0 bridgehead atoms. The van der Waals surface area contributed by atoms with Crippen LogP contribution in [0.4, 0.5) is 5.69 Å². The Kier molecular flexibility index (Phi) is 4.96. The summed E-state index contributed by atoms with van der Waals surface area (Å²) in [5.74, 6) is 0.175. The Bertz CT molecular complexity index is 489. The van der Waals surface area contributed by atoms with Crippen molar-refractivity contribution in [2.24, 2.45) is 11.7 Å². The zero-order valence-electron chi connectivity index (χ0n) is 11.2. The summed E-state index contributed by atoms with van der Waals surface area (Å²) in [4.78, 5) is 10.3. The number of halogens is 1. The lowest BCUT2D eigenvalue weighted by atomic mass is 9.81. The van der Waals surface area contributed by atoms with Crippen LogP contribution < -0.4 is 5.73 Å². The molecule has 0 radical (unpaired) electrons. The predicted molar refractivity (Wildman–Crippen MR) is 77.6 cm³/mol. The SMILES string of the molecule is N[C@@H](c1ccc(Cl)c([N+](=O)[O-])c1)[C@H](O)C1CCCCC1. The van der Waals surface area contributed by atoms with Gasteiger partial charge in [0.2, 0.25) is 0 Å². The molecule has 1 aliphatic carbocycles. The summed E-state index contributed by atoms with van der Waals surface area (Å²) in [6.45, 7) is 0. The largest absolute Gasteiger partial charge is 0.391 e. The molecule has 1 aromatic carbocycles. The molecule has 1 saturated carbocycles. The van der Waals surface area contributed by atoms with Crippen molar-refractivity contribution >= 4 is 17.3 Å². The molecule has 0 amide bonds. The van der Waals surface area contributed by atoms with Gasteiger partial charge in [-0.1, -0.05) is 36.9 Å². The molecule has 0 aliphatic heterocycles. The molecule has 5 nitrogen and oxygen atoms in total. The van der Waals surface area contributed by atoms with E-state index in [1.165, 1.54) is 18.6 Å². The van der Waals surface area contributed by atoms with Crippen LogP contribution in [-0.4, -0.2) is 16.1 Å². The molecule has 2 rings (SSSR count). The molecule has 1 fully saturated rings. The molecule has 20 heavy (non-hydrogen) atoms. The summed E-state index contributed by atoms with van der Waals surface area (Å²) in [6, 6.07) is 3.85. The van der Waals surface area contributed by atoms with Crippen LogP contribution in [0, 0.1) is 16.0 Å². The molecule has 3 N–H and O–H groups in total. The van der Waals surface area contributed by atoms with Crippen molar-refractivity contribution in [2.45, 2.75) is 44.2 Å². The third-order valence-electron chi connectivity index (χ3n) is 4.05. The fourth-order valence-electron chi connectivity index (χ4n) is 2.84. The fraction of sp³-hybridized carbons (Fsp3) is 0.571. The quantitative estimate of drug-likeness (QED) is 0.660. The number of aliphatic hydroxyl groups excluding tert-OH is 1. The van der Waals surface area contributed by atoms with E-state index in [4.69, 9.17) is 17.3 Å². The van der Waals surface area contributed by atoms with Gasteiger partial charge < -0.3 is 10.8 Å². The minimum Gasteiger partial charge on any atom is -0.391 e. The van der Waals surface area contributed by atoms with Gasteiger partial charge in [0, 0.05) is 6.07 Å². The molecule has 0 unspecified atom stereocenters. The number of nitro benzene ring substituents is 1. The lowest BCUT2D eigenvalue weighted by molar-refractivity contribution is -0.384. The van der Waals surface area contributed by atoms with E-state index in [-0.39, 0.29) is 16.6 Å². The lowest BCUT2D eigenvalue weighted by Crippen LogP contribution is -2.34. The number of nitrogens with two attached hydrogens (primary N) is 1. The van der Waals surface area contributed by atoms with E-state index in [1.807, 2.05) is 0 Å². The highest BCUT2D eigenvalue weighted by atomic mass is 35.5. The topological polar surface area (TPSA) is 89.4 Å². The van der Waals surface area contributed by atoms with Crippen molar-refractivity contribution in [1.82, 2.24) is 0 Å². The van der Waals surface area contributed by atoms with Crippen molar-refractivity contribution in [3.8, 4) is 0 Å². The van der Waals surface area contributed by atoms with Gasteiger partial charge >= 0.3 is 0 Å². The first-order valence-corrected chi connectivity index (χ1v) is 7.26. The van der Waals surface area contributed by atoms with E-state index in [2.05, 4.69) is 0 Å². The van der Waals surface area contributed by atoms with Crippen LogP contribution in [0.25, 0.3) is 0 Å². The highest BCUT2D eigenvalue weighted by Crippen LogP contribution is 2.33. The Morgan fingerprint density at radius 3 is 2.60 bits per heavy atom. The molecular formula is C14H19ClN2O3. The third-order valence-corrected chi connectivity index (χ3v) is 4.37. The first kappa shape index (κ1) is 15.2. The van der Waals surface area contributed by atoms with Crippen molar-refractivity contribution < 1.29 is 10.0 Å². The first-order chi connectivity index (χ1) is 9.50. The van der Waals surface area contributed by atoms with E-state index < -0.39 is 17.1 Å². The van der Waals surface area contributed by atoms with Crippen LogP contribution in [0.5, 0.6) is 0 Å². The second-order valence-electron chi connectivity index (χ2n) is 5.38. The van der Waals surface area contributed by atoms with Gasteiger partial charge in [-0.25, -0.2) is 0 Å². The number of rotatable bonds is 4. The van der Waals surface area contributed by atoms with Crippen LogP contribution in [0.3, 0.4) is 0 Å². The van der Waals surface area contributed by atoms with Crippen molar-refractivity contribution in [3.05, 3.63) is 38.9 Å². The van der Waals surface area contributed by atoms with Crippen LogP contribution in [0.2, 0.25) is 5.02 Å². The number of aliphatic hydroxyl groups is 1. The highest BCUT2D eigenvalue weighted by molar-refractivity contribution is 6.32. The Hall–Kier alpha value is -1.17. The minimum absolute atomic E-state index is 0.0816. The number of nitro groups is 1. The Labute approximate surface area is 122 Å². The lowest BCUT2D eigenvalue weighted by Gasteiger charge is -2.30. The molecular weight excluding hydrogens is 280 g/mol. The fourth-order valence-corrected chi connectivity index (χ4v) is 3.03. The summed E-state index contributed by atoms with van der Waals surface area (Å²) in [5, 5.41) is 21.3. The Morgan fingerprint density at radius 1 is 1.35 bits per heavy atom. The average molecular weight is 299 g/mol. The summed E-state index contributed by atoms with van der Waals surface area (Å²) in [5.41, 5.74) is 6.46. The van der Waals surface area contributed by atoms with E-state index in [1.54, 1.807) is 6.07 Å². The van der Waals surface area contributed by atoms with Crippen LogP contribution in [-0.2, 0) is 0 Å².